The molecule has 1 aliphatic rings. The van der Waals surface area contributed by atoms with E-state index in [1.165, 1.54) is 11.8 Å². The van der Waals surface area contributed by atoms with Gasteiger partial charge in [-0.3, -0.25) is 19.9 Å². The normalized spacial score (nSPS) is 16.5. The first kappa shape index (κ1) is 13.0. The van der Waals surface area contributed by atoms with Crippen LogP contribution in [0.4, 0.5) is 0 Å². The van der Waals surface area contributed by atoms with Crippen molar-refractivity contribution in [1.82, 2.24) is 10.6 Å². The van der Waals surface area contributed by atoms with Crippen molar-refractivity contribution in [2.75, 3.05) is 18.9 Å². The van der Waals surface area contributed by atoms with Crippen LogP contribution >= 0.6 is 11.8 Å². The number of amidine groups is 1. The smallest absolute Gasteiger partial charge is 0.315 e. The van der Waals surface area contributed by atoms with Gasteiger partial charge in [-0.2, -0.15) is 0 Å². The lowest BCUT2D eigenvalue weighted by Crippen LogP contribution is -2.46. The van der Waals surface area contributed by atoms with Gasteiger partial charge < -0.3 is 10.4 Å². The molecule has 0 bridgehead atoms. The Labute approximate surface area is 97.9 Å². The minimum absolute atomic E-state index is 0.175. The van der Waals surface area contributed by atoms with Gasteiger partial charge in [0.15, 0.2) is 5.17 Å². The molecular formula is C9H15N3O3S. The molecule has 3 N–H and O–H groups in total. The Morgan fingerprint density at radius 3 is 2.81 bits per heavy atom. The van der Waals surface area contributed by atoms with Crippen molar-refractivity contribution in [2.24, 2.45) is 4.99 Å². The van der Waals surface area contributed by atoms with Crippen molar-refractivity contribution < 1.29 is 14.7 Å². The monoisotopic (exact) mass is 245 g/mol. The molecule has 2 amide bonds. The van der Waals surface area contributed by atoms with Gasteiger partial charge in [-0.1, -0.05) is 18.7 Å². The third kappa shape index (κ3) is 3.82. The number of rotatable bonds is 3. The standard InChI is InChI=1S/C9H15N3O3S/c1-2-6(5-13)11-7(14)8(15)12-9-10-3-4-16-9/h6,13H,2-5H2,1H3,(H,11,14)(H,10,12,15). The predicted molar refractivity (Wildman–Crippen MR) is 62.2 cm³/mol. The number of hydrogen-bond acceptors (Lipinski definition) is 5. The Bertz CT molecular complexity index is 302. The van der Waals surface area contributed by atoms with Crippen LogP contribution in [-0.4, -0.2) is 47.0 Å². The van der Waals surface area contributed by atoms with E-state index >= 15 is 0 Å². The van der Waals surface area contributed by atoms with E-state index in [4.69, 9.17) is 5.11 Å². The Balaban J connectivity index is 2.38. The van der Waals surface area contributed by atoms with Gasteiger partial charge in [-0.05, 0) is 6.42 Å². The number of thioether (sulfide) groups is 1. The quantitative estimate of drug-likeness (QED) is 0.562. The van der Waals surface area contributed by atoms with Crippen molar-refractivity contribution >= 4 is 28.7 Å². The molecule has 0 radical (unpaired) electrons. The molecule has 16 heavy (non-hydrogen) atoms. The SMILES string of the molecule is CCC(CO)NC(=O)C(=O)NC1=NCCS1. The summed E-state index contributed by atoms with van der Waals surface area (Å²) in [4.78, 5) is 26.7. The highest BCUT2D eigenvalue weighted by molar-refractivity contribution is 8.14. The molecule has 7 heteroatoms. The fourth-order valence-electron chi connectivity index (χ4n) is 1.09. The summed E-state index contributed by atoms with van der Waals surface area (Å²) in [5.41, 5.74) is 0. The number of carbonyl (C=O) groups excluding carboxylic acids is 2. The van der Waals surface area contributed by atoms with Crippen LogP contribution in [0, 0.1) is 0 Å². The predicted octanol–water partition coefficient (Wildman–Crippen LogP) is -0.907. The fourth-order valence-corrected chi connectivity index (χ4v) is 1.82. The number of aliphatic hydroxyl groups excluding tert-OH is 1. The maximum absolute atomic E-state index is 11.4. The van der Waals surface area contributed by atoms with Gasteiger partial charge in [0, 0.05) is 5.75 Å². The van der Waals surface area contributed by atoms with Crippen molar-refractivity contribution in [3.8, 4) is 0 Å². The summed E-state index contributed by atoms with van der Waals surface area (Å²) in [5, 5.41) is 14.2. The summed E-state index contributed by atoms with van der Waals surface area (Å²) in [7, 11) is 0. The lowest BCUT2D eigenvalue weighted by atomic mass is 10.2. The van der Waals surface area contributed by atoms with Gasteiger partial charge in [-0.25, -0.2) is 0 Å². The number of hydrogen-bond donors (Lipinski definition) is 3. The average Bonchev–Trinajstić information content (AvgIpc) is 2.78. The second kappa shape index (κ2) is 6.49. The number of aliphatic imine (C=N–C) groups is 1. The van der Waals surface area contributed by atoms with Crippen LogP contribution in [0.3, 0.4) is 0 Å². The summed E-state index contributed by atoms with van der Waals surface area (Å²) in [6.45, 7) is 2.30. The number of nitrogens with one attached hydrogen (secondary N) is 2. The molecule has 0 saturated carbocycles. The first-order valence-corrected chi connectivity index (χ1v) is 6.05. The Morgan fingerprint density at radius 1 is 1.56 bits per heavy atom. The highest BCUT2D eigenvalue weighted by Crippen LogP contribution is 2.08. The average molecular weight is 245 g/mol. The molecule has 0 aromatic heterocycles. The van der Waals surface area contributed by atoms with Gasteiger partial charge >= 0.3 is 11.8 Å². The van der Waals surface area contributed by atoms with Gasteiger partial charge in [0.25, 0.3) is 0 Å². The summed E-state index contributed by atoms with van der Waals surface area (Å²) in [6, 6.07) is -0.378. The van der Waals surface area contributed by atoms with E-state index < -0.39 is 11.8 Å². The van der Waals surface area contributed by atoms with Crippen LogP contribution < -0.4 is 10.6 Å². The molecule has 0 spiro atoms. The molecule has 0 aliphatic carbocycles. The minimum atomic E-state index is -0.740. The first-order valence-electron chi connectivity index (χ1n) is 5.07. The van der Waals surface area contributed by atoms with Gasteiger partial charge in [0.05, 0.1) is 19.2 Å². The molecule has 1 aliphatic heterocycles. The maximum atomic E-state index is 11.4. The van der Waals surface area contributed by atoms with Crippen molar-refractivity contribution in [2.45, 2.75) is 19.4 Å². The van der Waals surface area contributed by atoms with E-state index in [-0.39, 0.29) is 12.6 Å². The number of aliphatic hydroxyl groups is 1. The van der Waals surface area contributed by atoms with Crippen LogP contribution in [0.1, 0.15) is 13.3 Å². The van der Waals surface area contributed by atoms with E-state index in [9.17, 15) is 9.59 Å². The van der Waals surface area contributed by atoms with E-state index in [2.05, 4.69) is 15.6 Å². The summed E-state index contributed by atoms with van der Waals surface area (Å²) in [5.74, 6) is -0.651. The molecule has 0 saturated heterocycles. The summed E-state index contributed by atoms with van der Waals surface area (Å²) < 4.78 is 0. The zero-order valence-electron chi connectivity index (χ0n) is 9.02. The lowest BCUT2D eigenvalue weighted by molar-refractivity contribution is -0.138. The van der Waals surface area contributed by atoms with Crippen LogP contribution in [0.2, 0.25) is 0 Å². The Kier molecular flexibility index (Phi) is 5.27. The van der Waals surface area contributed by atoms with E-state index in [1.807, 2.05) is 6.92 Å². The largest absolute Gasteiger partial charge is 0.394 e. The zero-order valence-corrected chi connectivity index (χ0v) is 9.84. The van der Waals surface area contributed by atoms with Crippen LogP contribution in [0.5, 0.6) is 0 Å². The molecule has 0 fully saturated rings. The molecule has 6 nitrogen and oxygen atoms in total. The molecule has 1 heterocycles. The second-order valence-corrected chi connectivity index (χ2v) is 4.33. The number of carbonyl (C=O) groups is 2. The van der Waals surface area contributed by atoms with E-state index in [0.717, 1.165) is 5.75 Å². The van der Waals surface area contributed by atoms with Crippen molar-refractivity contribution in [3.05, 3.63) is 0 Å². The highest BCUT2D eigenvalue weighted by Gasteiger charge is 2.19. The topological polar surface area (TPSA) is 90.8 Å². The number of nitrogens with zero attached hydrogens (tertiary/aromatic N) is 1. The molecular weight excluding hydrogens is 230 g/mol. The lowest BCUT2D eigenvalue weighted by Gasteiger charge is -2.13. The van der Waals surface area contributed by atoms with Gasteiger partial charge in [0.2, 0.25) is 0 Å². The molecule has 0 aromatic carbocycles. The fraction of sp³-hybridized carbons (Fsp3) is 0.667. The molecule has 1 rings (SSSR count). The molecule has 0 aromatic rings. The van der Waals surface area contributed by atoms with E-state index in [1.54, 1.807) is 0 Å². The minimum Gasteiger partial charge on any atom is -0.394 e. The van der Waals surface area contributed by atoms with Crippen molar-refractivity contribution in [1.29, 1.82) is 0 Å². The molecule has 1 atom stereocenters. The number of amides is 2. The Morgan fingerprint density at radius 2 is 2.31 bits per heavy atom. The van der Waals surface area contributed by atoms with E-state index in [0.29, 0.717) is 18.1 Å². The van der Waals surface area contributed by atoms with Crippen LogP contribution in [-0.2, 0) is 9.59 Å². The third-order valence-electron chi connectivity index (χ3n) is 2.06. The highest BCUT2D eigenvalue weighted by atomic mass is 32.2. The Hall–Kier alpha value is -1.08. The zero-order chi connectivity index (χ0) is 12.0. The molecule has 1 unspecified atom stereocenters. The maximum Gasteiger partial charge on any atom is 0.315 e. The van der Waals surface area contributed by atoms with Gasteiger partial charge in [0.1, 0.15) is 0 Å². The van der Waals surface area contributed by atoms with Crippen LogP contribution in [0.25, 0.3) is 0 Å². The third-order valence-corrected chi connectivity index (χ3v) is 2.95. The molecule has 90 valence electrons. The van der Waals surface area contributed by atoms with Gasteiger partial charge in [-0.15, -0.1) is 0 Å². The summed E-state index contributed by atoms with van der Waals surface area (Å²) >= 11 is 1.41. The second-order valence-electron chi connectivity index (χ2n) is 3.25. The van der Waals surface area contributed by atoms with Crippen molar-refractivity contribution in [3.63, 3.8) is 0 Å². The van der Waals surface area contributed by atoms with Crippen LogP contribution in [0.15, 0.2) is 4.99 Å². The first-order chi connectivity index (χ1) is 7.67. The summed E-state index contributed by atoms with van der Waals surface area (Å²) in [6.07, 6.45) is 0.575.